The van der Waals surface area contributed by atoms with Gasteiger partial charge >= 0.3 is 0 Å². The predicted molar refractivity (Wildman–Crippen MR) is 63.9 cm³/mol. The largest absolute Gasteiger partial charge is 0.379 e. The average molecular weight is 214 g/mol. The van der Waals surface area contributed by atoms with Gasteiger partial charge in [0.15, 0.2) is 0 Å². The van der Waals surface area contributed by atoms with Crippen LogP contribution in [0.15, 0.2) is 0 Å². The Morgan fingerprint density at radius 3 is 2.47 bits per heavy atom. The van der Waals surface area contributed by atoms with Crippen molar-refractivity contribution in [3.05, 3.63) is 0 Å². The molecule has 0 aromatic rings. The van der Waals surface area contributed by atoms with Crippen LogP contribution in [0.25, 0.3) is 0 Å². The fourth-order valence-electron chi connectivity index (χ4n) is 2.10. The quantitative estimate of drug-likeness (QED) is 0.728. The lowest BCUT2D eigenvalue weighted by Crippen LogP contribution is -2.38. The third kappa shape index (κ3) is 6.13. The summed E-state index contributed by atoms with van der Waals surface area (Å²) < 4.78 is 5.34. The third-order valence-corrected chi connectivity index (χ3v) is 3.03. The molecule has 90 valence electrons. The van der Waals surface area contributed by atoms with Gasteiger partial charge in [-0.05, 0) is 25.7 Å². The van der Waals surface area contributed by atoms with Crippen LogP contribution in [0.3, 0.4) is 0 Å². The molecular formula is C12H26N2O. The fourth-order valence-corrected chi connectivity index (χ4v) is 2.10. The van der Waals surface area contributed by atoms with E-state index in [2.05, 4.69) is 18.7 Å². The highest BCUT2D eigenvalue weighted by molar-refractivity contribution is 4.66. The Labute approximate surface area is 94.0 Å². The highest BCUT2D eigenvalue weighted by Crippen LogP contribution is 2.11. The molecule has 0 radical (unpaired) electrons. The summed E-state index contributed by atoms with van der Waals surface area (Å²) in [4.78, 5) is 2.51. The van der Waals surface area contributed by atoms with Crippen molar-refractivity contribution in [3.8, 4) is 0 Å². The van der Waals surface area contributed by atoms with Gasteiger partial charge in [0, 0.05) is 25.7 Å². The molecule has 0 aromatic heterocycles. The number of nitrogens with two attached hydrogens (primary N) is 1. The maximum atomic E-state index is 5.74. The standard InChI is InChI=1S/C12H26N2O/c1-11(4-3-5-12(2)13)10-14-6-8-15-9-7-14/h11-12H,3-10,13H2,1-2H3. The van der Waals surface area contributed by atoms with Gasteiger partial charge in [0.2, 0.25) is 0 Å². The van der Waals surface area contributed by atoms with Gasteiger partial charge in [-0.1, -0.05) is 13.3 Å². The highest BCUT2D eigenvalue weighted by atomic mass is 16.5. The summed E-state index contributed by atoms with van der Waals surface area (Å²) in [6.45, 7) is 9.69. The van der Waals surface area contributed by atoms with Gasteiger partial charge in [0.25, 0.3) is 0 Å². The molecule has 0 saturated carbocycles. The number of nitrogens with zero attached hydrogens (tertiary/aromatic N) is 1. The lowest BCUT2D eigenvalue weighted by molar-refractivity contribution is 0.0311. The zero-order valence-electron chi connectivity index (χ0n) is 10.2. The van der Waals surface area contributed by atoms with E-state index in [0.29, 0.717) is 6.04 Å². The Bertz CT molecular complexity index is 156. The topological polar surface area (TPSA) is 38.5 Å². The maximum absolute atomic E-state index is 5.74. The predicted octanol–water partition coefficient (Wildman–Crippen LogP) is 1.47. The van der Waals surface area contributed by atoms with Crippen molar-refractivity contribution in [1.29, 1.82) is 0 Å². The summed E-state index contributed by atoms with van der Waals surface area (Å²) in [5, 5.41) is 0. The second-order valence-electron chi connectivity index (χ2n) is 4.93. The summed E-state index contributed by atoms with van der Waals surface area (Å²) in [5.41, 5.74) is 5.74. The lowest BCUT2D eigenvalue weighted by atomic mass is 10.0. The number of ether oxygens (including phenoxy) is 1. The first-order valence-electron chi connectivity index (χ1n) is 6.24. The van der Waals surface area contributed by atoms with E-state index in [1.54, 1.807) is 0 Å². The van der Waals surface area contributed by atoms with Gasteiger partial charge in [0.05, 0.1) is 13.2 Å². The molecule has 0 amide bonds. The molecule has 0 spiro atoms. The molecular weight excluding hydrogens is 188 g/mol. The van der Waals surface area contributed by atoms with E-state index in [0.717, 1.165) is 38.6 Å². The van der Waals surface area contributed by atoms with Gasteiger partial charge in [-0.3, -0.25) is 4.90 Å². The highest BCUT2D eigenvalue weighted by Gasteiger charge is 2.13. The van der Waals surface area contributed by atoms with Gasteiger partial charge in [-0.2, -0.15) is 0 Å². The fraction of sp³-hybridized carbons (Fsp3) is 1.00. The molecule has 0 aromatic carbocycles. The van der Waals surface area contributed by atoms with Crippen molar-refractivity contribution < 1.29 is 4.74 Å². The van der Waals surface area contributed by atoms with Crippen LogP contribution < -0.4 is 5.73 Å². The van der Waals surface area contributed by atoms with Crippen molar-refractivity contribution in [2.24, 2.45) is 11.7 Å². The van der Waals surface area contributed by atoms with Gasteiger partial charge in [-0.25, -0.2) is 0 Å². The number of morpholine rings is 1. The molecule has 1 fully saturated rings. The summed E-state index contributed by atoms with van der Waals surface area (Å²) in [6, 6.07) is 0.362. The van der Waals surface area contributed by atoms with Crippen molar-refractivity contribution in [3.63, 3.8) is 0 Å². The monoisotopic (exact) mass is 214 g/mol. The van der Waals surface area contributed by atoms with E-state index in [4.69, 9.17) is 10.5 Å². The number of hydrogen-bond donors (Lipinski definition) is 1. The molecule has 0 aliphatic carbocycles. The van der Waals surface area contributed by atoms with E-state index in [9.17, 15) is 0 Å². The van der Waals surface area contributed by atoms with Crippen molar-refractivity contribution in [1.82, 2.24) is 4.90 Å². The van der Waals surface area contributed by atoms with Crippen LogP contribution in [0.2, 0.25) is 0 Å². The molecule has 3 heteroatoms. The van der Waals surface area contributed by atoms with Crippen LogP contribution in [0.1, 0.15) is 33.1 Å². The second-order valence-corrected chi connectivity index (χ2v) is 4.93. The Kier molecular flexibility index (Phi) is 6.22. The van der Waals surface area contributed by atoms with Crippen molar-refractivity contribution in [2.45, 2.75) is 39.2 Å². The SMILES string of the molecule is CC(N)CCCC(C)CN1CCOCC1. The average Bonchev–Trinajstić information content (AvgIpc) is 2.18. The molecule has 1 aliphatic heterocycles. The Balaban J connectivity index is 2.03. The van der Waals surface area contributed by atoms with E-state index in [1.807, 2.05) is 0 Å². The number of hydrogen-bond acceptors (Lipinski definition) is 3. The van der Waals surface area contributed by atoms with E-state index < -0.39 is 0 Å². The molecule has 1 rings (SSSR count). The molecule has 1 heterocycles. The van der Waals surface area contributed by atoms with E-state index >= 15 is 0 Å². The lowest BCUT2D eigenvalue weighted by Gasteiger charge is -2.29. The van der Waals surface area contributed by atoms with Crippen molar-refractivity contribution >= 4 is 0 Å². The molecule has 2 N–H and O–H groups in total. The van der Waals surface area contributed by atoms with Crippen molar-refractivity contribution in [2.75, 3.05) is 32.8 Å². The smallest absolute Gasteiger partial charge is 0.0594 e. The summed E-state index contributed by atoms with van der Waals surface area (Å²) >= 11 is 0. The second kappa shape index (κ2) is 7.20. The van der Waals surface area contributed by atoms with Crippen LogP contribution in [0.5, 0.6) is 0 Å². The zero-order valence-corrected chi connectivity index (χ0v) is 10.2. The van der Waals surface area contributed by atoms with Crippen LogP contribution >= 0.6 is 0 Å². The summed E-state index contributed by atoms with van der Waals surface area (Å²) in [6.07, 6.45) is 3.73. The molecule has 0 bridgehead atoms. The molecule has 3 nitrogen and oxygen atoms in total. The van der Waals surface area contributed by atoms with Crippen LogP contribution in [-0.2, 0) is 4.74 Å². The minimum atomic E-state index is 0.362. The molecule has 15 heavy (non-hydrogen) atoms. The normalized spacial score (nSPS) is 22.6. The Morgan fingerprint density at radius 1 is 1.20 bits per heavy atom. The third-order valence-electron chi connectivity index (χ3n) is 3.03. The van der Waals surface area contributed by atoms with Crippen LogP contribution in [0.4, 0.5) is 0 Å². The van der Waals surface area contributed by atoms with Crippen LogP contribution in [-0.4, -0.2) is 43.8 Å². The molecule has 2 atom stereocenters. The maximum Gasteiger partial charge on any atom is 0.0594 e. The van der Waals surface area contributed by atoms with Crippen LogP contribution in [0, 0.1) is 5.92 Å². The van der Waals surface area contributed by atoms with Gasteiger partial charge in [0.1, 0.15) is 0 Å². The Morgan fingerprint density at radius 2 is 1.87 bits per heavy atom. The molecule has 1 saturated heterocycles. The first-order valence-corrected chi connectivity index (χ1v) is 6.24. The van der Waals surface area contributed by atoms with E-state index in [1.165, 1.54) is 19.4 Å². The van der Waals surface area contributed by atoms with E-state index in [-0.39, 0.29) is 0 Å². The zero-order chi connectivity index (χ0) is 11.1. The van der Waals surface area contributed by atoms with Gasteiger partial charge < -0.3 is 10.5 Å². The Hall–Kier alpha value is -0.120. The minimum Gasteiger partial charge on any atom is -0.379 e. The first-order chi connectivity index (χ1) is 7.18. The molecule has 1 aliphatic rings. The number of rotatable bonds is 6. The van der Waals surface area contributed by atoms with Gasteiger partial charge in [-0.15, -0.1) is 0 Å². The molecule has 2 unspecified atom stereocenters. The summed E-state index contributed by atoms with van der Waals surface area (Å²) in [7, 11) is 0. The summed E-state index contributed by atoms with van der Waals surface area (Å²) in [5.74, 6) is 0.793. The minimum absolute atomic E-state index is 0.362. The first kappa shape index (κ1) is 12.9.